The van der Waals surface area contributed by atoms with Gasteiger partial charge in [-0.25, -0.2) is 13.1 Å². The topological polar surface area (TPSA) is 64.0 Å². The number of hydrogen-bond donors (Lipinski definition) is 1. The van der Waals surface area contributed by atoms with E-state index in [0.29, 0.717) is 12.1 Å². The van der Waals surface area contributed by atoms with Crippen molar-refractivity contribution in [2.24, 2.45) is 7.05 Å². The lowest BCUT2D eigenvalue weighted by atomic mass is 10.4. The SMILES string of the molecule is CCCNS(=O)(=O)c1nn(C)cc1C. The molecule has 0 aromatic carbocycles. The van der Waals surface area contributed by atoms with Crippen LogP contribution < -0.4 is 4.72 Å². The molecule has 0 spiro atoms. The minimum absolute atomic E-state index is 0.119. The minimum atomic E-state index is -3.41. The Morgan fingerprint density at radius 2 is 2.21 bits per heavy atom. The Morgan fingerprint density at radius 3 is 2.64 bits per heavy atom. The Bertz CT molecular complexity index is 408. The third kappa shape index (κ3) is 2.33. The van der Waals surface area contributed by atoms with E-state index in [0.717, 1.165) is 6.42 Å². The van der Waals surface area contributed by atoms with Gasteiger partial charge in [0.25, 0.3) is 10.0 Å². The van der Waals surface area contributed by atoms with E-state index in [9.17, 15) is 8.42 Å². The van der Waals surface area contributed by atoms with Crippen molar-refractivity contribution in [2.45, 2.75) is 25.3 Å². The highest BCUT2D eigenvalue weighted by Gasteiger charge is 2.19. The van der Waals surface area contributed by atoms with Crippen LogP contribution in [0.25, 0.3) is 0 Å². The van der Waals surface area contributed by atoms with Crippen LogP contribution in [0.4, 0.5) is 0 Å². The van der Waals surface area contributed by atoms with E-state index in [4.69, 9.17) is 0 Å². The summed E-state index contributed by atoms with van der Waals surface area (Å²) < 4.78 is 27.2. The Hall–Kier alpha value is -0.880. The van der Waals surface area contributed by atoms with Crippen LogP contribution in [0.2, 0.25) is 0 Å². The van der Waals surface area contributed by atoms with Crippen LogP contribution in [0.15, 0.2) is 11.2 Å². The van der Waals surface area contributed by atoms with Crippen LogP contribution in [-0.2, 0) is 17.1 Å². The second kappa shape index (κ2) is 4.10. The highest BCUT2D eigenvalue weighted by molar-refractivity contribution is 7.89. The molecule has 80 valence electrons. The molecule has 5 nitrogen and oxygen atoms in total. The van der Waals surface area contributed by atoms with E-state index < -0.39 is 10.0 Å². The molecular formula is C8H15N3O2S. The normalized spacial score (nSPS) is 11.9. The van der Waals surface area contributed by atoms with E-state index >= 15 is 0 Å². The minimum Gasteiger partial charge on any atom is -0.274 e. The average molecular weight is 217 g/mol. The molecule has 6 heteroatoms. The monoisotopic (exact) mass is 217 g/mol. The maximum Gasteiger partial charge on any atom is 0.260 e. The highest BCUT2D eigenvalue weighted by Crippen LogP contribution is 2.10. The first-order chi connectivity index (χ1) is 6.47. The fourth-order valence-corrected chi connectivity index (χ4v) is 2.48. The first-order valence-electron chi connectivity index (χ1n) is 4.47. The van der Waals surface area contributed by atoms with Crippen molar-refractivity contribution in [1.29, 1.82) is 0 Å². The predicted octanol–water partition coefficient (Wildman–Crippen LogP) is 0.417. The van der Waals surface area contributed by atoms with Crippen molar-refractivity contribution >= 4 is 10.0 Å². The van der Waals surface area contributed by atoms with E-state index in [1.54, 1.807) is 20.2 Å². The standard InChI is InChI=1S/C8H15N3O2S/c1-4-5-9-14(12,13)8-7(2)6-11(3)10-8/h6,9H,4-5H2,1-3H3. The third-order valence-corrected chi connectivity index (χ3v) is 3.26. The molecule has 0 saturated carbocycles. The molecule has 0 aliphatic rings. The second-order valence-corrected chi connectivity index (χ2v) is 4.87. The van der Waals surface area contributed by atoms with Crippen molar-refractivity contribution in [2.75, 3.05) is 6.54 Å². The largest absolute Gasteiger partial charge is 0.274 e. The van der Waals surface area contributed by atoms with Gasteiger partial charge in [-0.05, 0) is 13.3 Å². The Balaban J connectivity index is 2.98. The van der Waals surface area contributed by atoms with Crippen molar-refractivity contribution in [3.8, 4) is 0 Å². The molecule has 0 unspecified atom stereocenters. The Morgan fingerprint density at radius 1 is 1.57 bits per heavy atom. The summed E-state index contributed by atoms with van der Waals surface area (Å²) in [5.74, 6) is 0. The maximum absolute atomic E-state index is 11.6. The molecule has 1 rings (SSSR count). The molecule has 1 aromatic heterocycles. The summed E-state index contributed by atoms with van der Waals surface area (Å²) in [6.07, 6.45) is 2.45. The number of sulfonamides is 1. The summed E-state index contributed by atoms with van der Waals surface area (Å²) in [7, 11) is -1.71. The second-order valence-electron chi connectivity index (χ2n) is 3.19. The summed E-state index contributed by atoms with van der Waals surface area (Å²) in [4.78, 5) is 0. The molecule has 0 aliphatic heterocycles. The molecular weight excluding hydrogens is 202 g/mol. The molecule has 14 heavy (non-hydrogen) atoms. The molecule has 0 fully saturated rings. The molecule has 0 saturated heterocycles. The fourth-order valence-electron chi connectivity index (χ4n) is 1.16. The number of nitrogens with one attached hydrogen (secondary N) is 1. The quantitative estimate of drug-likeness (QED) is 0.794. The molecule has 0 bridgehead atoms. The molecule has 1 aromatic rings. The zero-order valence-electron chi connectivity index (χ0n) is 8.61. The van der Waals surface area contributed by atoms with Crippen molar-refractivity contribution in [3.63, 3.8) is 0 Å². The first kappa shape index (κ1) is 11.2. The molecule has 1 N–H and O–H groups in total. The van der Waals surface area contributed by atoms with Gasteiger partial charge in [-0.15, -0.1) is 0 Å². The van der Waals surface area contributed by atoms with Crippen LogP contribution in [-0.4, -0.2) is 24.7 Å². The van der Waals surface area contributed by atoms with Gasteiger partial charge in [-0.2, -0.15) is 5.10 Å². The van der Waals surface area contributed by atoms with Gasteiger partial charge in [-0.3, -0.25) is 4.68 Å². The van der Waals surface area contributed by atoms with Crippen LogP contribution in [0.5, 0.6) is 0 Å². The van der Waals surface area contributed by atoms with Crippen molar-refractivity contribution < 1.29 is 8.42 Å². The van der Waals surface area contributed by atoms with Gasteiger partial charge in [0, 0.05) is 25.4 Å². The Kier molecular flexibility index (Phi) is 3.28. The number of rotatable bonds is 4. The average Bonchev–Trinajstić information content (AvgIpc) is 2.42. The number of aromatic nitrogens is 2. The maximum atomic E-state index is 11.6. The summed E-state index contributed by atoms with van der Waals surface area (Å²) >= 11 is 0. The lowest BCUT2D eigenvalue weighted by molar-refractivity contribution is 0.572. The van der Waals surface area contributed by atoms with Crippen LogP contribution >= 0.6 is 0 Å². The lowest BCUT2D eigenvalue weighted by Crippen LogP contribution is -2.25. The summed E-state index contributed by atoms with van der Waals surface area (Å²) in [6, 6.07) is 0. The predicted molar refractivity (Wildman–Crippen MR) is 53.4 cm³/mol. The van der Waals surface area contributed by atoms with Crippen LogP contribution in [0, 0.1) is 6.92 Å². The van der Waals surface area contributed by atoms with Gasteiger partial charge in [0.2, 0.25) is 0 Å². The summed E-state index contributed by atoms with van der Waals surface area (Å²) in [5.41, 5.74) is 0.663. The molecule has 0 amide bonds. The zero-order chi connectivity index (χ0) is 10.8. The van der Waals surface area contributed by atoms with E-state index in [-0.39, 0.29) is 5.03 Å². The smallest absolute Gasteiger partial charge is 0.260 e. The Labute approximate surface area is 84.2 Å². The van der Waals surface area contributed by atoms with E-state index in [1.165, 1.54) is 4.68 Å². The number of nitrogens with zero attached hydrogens (tertiary/aromatic N) is 2. The van der Waals surface area contributed by atoms with Crippen LogP contribution in [0.3, 0.4) is 0 Å². The van der Waals surface area contributed by atoms with E-state index in [1.807, 2.05) is 6.92 Å². The van der Waals surface area contributed by atoms with Gasteiger partial charge >= 0.3 is 0 Å². The van der Waals surface area contributed by atoms with Gasteiger partial charge < -0.3 is 0 Å². The molecule has 0 aliphatic carbocycles. The lowest BCUT2D eigenvalue weighted by Gasteiger charge is -2.02. The van der Waals surface area contributed by atoms with Crippen LogP contribution in [0.1, 0.15) is 18.9 Å². The molecule has 0 radical (unpaired) electrons. The number of hydrogen-bond acceptors (Lipinski definition) is 3. The molecule has 0 atom stereocenters. The zero-order valence-corrected chi connectivity index (χ0v) is 9.43. The summed E-state index contributed by atoms with van der Waals surface area (Å²) in [6.45, 7) is 4.08. The van der Waals surface area contributed by atoms with Gasteiger partial charge in [0.05, 0.1) is 0 Å². The van der Waals surface area contributed by atoms with Gasteiger partial charge in [0.15, 0.2) is 5.03 Å². The van der Waals surface area contributed by atoms with Crippen molar-refractivity contribution in [3.05, 3.63) is 11.8 Å². The first-order valence-corrected chi connectivity index (χ1v) is 5.95. The van der Waals surface area contributed by atoms with Crippen molar-refractivity contribution in [1.82, 2.24) is 14.5 Å². The van der Waals surface area contributed by atoms with Gasteiger partial charge in [0.1, 0.15) is 0 Å². The summed E-state index contributed by atoms with van der Waals surface area (Å²) in [5, 5.41) is 4.02. The molecule has 1 heterocycles. The van der Waals surface area contributed by atoms with Gasteiger partial charge in [-0.1, -0.05) is 6.92 Å². The van der Waals surface area contributed by atoms with E-state index in [2.05, 4.69) is 9.82 Å². The number of aryl methyl sites for hydroxylation is 2. The fraction of sp³-hybridized carbons (Fsp3) is 0.625. The third-order valence-electron chi connectivity index (χ3n) is 1.76. The highest BCUT2D eigenvalue weighted by atomic mass is 32.2.